The predicted octanol–water partition coefficient (Wildman–Crippen LogP) is 1.83. The maximum atomic E-state index is 12.9. The first-order valence-electron chi connectivity index (χ1n) is 10.6. The van der Waals surface area contributed by atoms with Crippen molar-refractivity contribution in [1.29, 1.82) is 0 Å². The molecule has 0 radical (unpaired) electrons. The summed E-state index contributed by atoms with van der Waals surface area (Å²) >= 11 is 0. The van der Waals surface area contributed by atoms with Crippen molar-refractivity contribution < 1.29 is 36.7 Å². The van der Waals surface area contributed by atoms with Gasteiger partial charge in [0.15, 0.2) is 0 Å². The van der Waals surface area contributed by atoms with E-state index in [-0.39, 0.29) is 36.8 Å². The van der Waals surface area contributed by atoms with Gasteiger partial charge in [0.05, 0.1) is 5.56 Å². The molecule has 2 amide bonds. The molecule has 0 bridgehead atoms. The van der Waals surface area contributed by atoms with Crippen LogP contribution in [0.25, 0.3) is 0 Å². The number of carbonyl (C=O) groups is 3. The molecule has 10 nitrogen and oxygen atoms in total. The van der Waals surface area contributed by atoms with Crippen molar-refractivity contribution in [1.82, 2.24) is 15.0 Å². The van der Waals surface area contributed by atoms with Gasteiger partial charge in [-0.25, -0.2) is 17.5 Å². The fourth-order valence-corrected chi connectivity index (χ4v) is 3.55. The van der Waals surface area contributed by atoms with Gasteiger partial charge in [-0.3, -0.25) is 19.4 Å². The van der Waals surface area contributed by atoms with Gasteiger partial charge in [0, 0.05) is 6.20 Å². The van der Waals surface area contributed by atoms with Crippen LogP contribution in [0.2, 0.25) is 0 Å². The van der Waals surface area contributed by atoms with Crippen LogP contribution in [0.4, 0.5) is 4.39 Å². The first kappa shape index (κ1) is 26.3. The average molecular weight is 516 g/mol. The first-order chi connectivity index (χ1) is 17.2. The van der Waals surface area contributed by atoms with Crippen LogP contribution in [0.5, 0.6) is 5.75 Å². The molecule has 0 atom stereocenters. The molecule has 188 valence electrons. The molecular formula is C24H22FN3O7S. The van der Waals surface area contributed by atoms with Gasteiger partial charge in [0.25, 0.3) is 11.8 Å². The van der Waals surface area contributed by atoms with Crippen molar-refractivity contribution in [3.63, 3.8) is 0 Å². The lowest BCUT2D eigenvalue weighted by Gasteiger charge is -2.09. The summed E-state index contributed by atoms with van der Waals surface area (Å²) in [6.07, 6.45) is 1.03. The number of esters is 1. The minimum Gasteiger partial charge on any atom is -0.492 e. The van der Waals surface area contributed by atoms with Crippen LogP contribution in [-0.4, -0.2) is 50.1 Å². The number of hydrogen-bond donors (Lipinski definition) is 2. The molecule has 12 heteroatoms. The Bertz CT molecular complexity index is 1300. The van der Waals surface area contributed by atoms with Gasteiger partial charge in [0.2, 0.25) is 10.0 Å². The van der Waals surface area contributed by atoms with Gasteiger partial charge in [-0.2, -0.15) is 0 Å². The van der Waals surface area contributed by atoms with Crippen LogP contribution in [0, 0.1) is 5.82 Å². The second-order valence-corrected chi connectivity index (χ2v) is 9.16. The number of nitrogens with zero attached hydrogens (tertiary/aromatic N) is 1. The van der Waals surface area contributed by atoms with E-state index in [1.807, 2.05) is 10.8 Å². The fraction of sp³-hybridized carbons (Fsp3) is 0.167. The van der Waals surface area contributed by atoms with E-state index in [0.717, 1.165) is 11.8 Å². The third-order valence-corrected chi connectivity index (χ3v) is 5.78. The predicted molar refractivity (Wildman–Crippen MR) is 126 cm³/mol. The average Bonchev–Trinajstić information content (AvgIpc) is 2.87. The van der Waals surface area contributed by atoms with E-state index in [2.05, 4.69) is 10.3 Å². The molecule has 0 fully saturated rings. The quantitative estimate of drug-likeness (QED) is 0.369. The molecule has 0 saturated carbocycles. The van der Waals surface area contributed by atoms with Crippen molar-refractivity contribution in [3.8, 4) is 5.75 Å². The number of amides is 2. The van der Waals surface area contributed by atoms with Crippen molar-refractivity contribution in [3.05, 3.63) is 95.6 Å². The third kappa shape index (κ3) is 8.47. The molecule has 36 heavy (non-hydrogen) atoms. The van der Waals surface area contributed by atoms with Gasteiger partial charge >= 0.3 is 5.97 Å². The molecule has 0 saturated heterocycles. The highest BCUT2D eigenvalue weighted by Gasteiger charge is 2.18. The lowest BCUT2D eigenvalue weighted by atomic mass is 10.2. The van der Waals surface area contributed by atoms with E-state index < -0.39 is 39.4 Å². The lowest BCUT2D eigenvalue weighted by Crippen LogP contribution is -2.34. The monoisotopic (exact) mass is 515 g/mol. The van der Waals surface area contributed by atoms with Crippen LogP contribution < -0.4 is 14.8 Å². The zero-order valence-corrected chi connectivity index (χ0v) is 19.7. The number of aromatic nitrogens is 1. The third-order valence-electron chi connectivity index (χ3n) is 4.58. The summed E-state index contributed by atoms with van der Waals surface area (Å²) in [5.41, 5.74) is 0.616. The van der Waals surface area contributed by atoms with Crippen molar-refractivity contribution in [2.45, 2.75) is 6.61 Å². The van der Waals surface area contributed by atoms with E-state index in [1.54, 1.807) is 24.3 Å². The van der Waals surface area contributed by atoms with Crippen molar-refractivity contribution >= 4 is 27.8 Å². The number of pyridine rings is 1. The summed E-state index contributed by atoms with van der Waals surface area (Å²) < 4.78 is 49.3. The van der Waals surface area contributed by atoms with Gasteiger partial charge < -0.3 is 14.8 Å². The van der Waals surface area contributed by atoms with E-state index in [4.69, 9.17) is 9.47 Å². The van der Waals surface area contributed by atoms with Gasteiger partial charge in [-0.1, -0.05) is 30.3 Å². The van der Waals surface area contributed by atoms with Crippen LogP contribution >= 0.6 is 0 Å². The number of nitrogens with one attached hydrogen (secondary N) is 2. The van der Waals surface area contributed by atoms with Gasteiger partial charge in [-0.05, 0) is 42.0 Å². The molecule has 0 aliphatic heterocycles. The molecule has 0 unspecified atom stereocenters. The maximum Gasteiger partial charge on any atom is 0.325 e. The molecule has 0 aliphatic rings. The molecule has 0 aliphatic carbocycles. The Kier molecular flexibility index (Phi) is 9.06. The SMILES string of the molecule is O=C(CNC(=O)c1ccc(C(=O)NS(=O)(=O)CCOc2ccc(F)cc2)cn1)OCc1ccccc1. The highest BCUT2D eigenvalue weighted by Crippen LogP contribution is 2.11. The lowest BCUT2D eigenvalue weighted by molar-refractivity contribution is -0.143. The molecule has 3 rings (SSSR count). The molecule has 1 heterocycles. The Labute approximate surface area is 206 Å². The smallest absolute Gasteiger partial charge is 0.325 e. The Balaban J connectivity index is 1.43. The number of benzene rings is 2. The van der Waals surface area contributed by atoms with Gasteiger partial charge in [-0.15, -0.1) is 0 Å². The minimum atomic E-state index is -4.03. The number of sulfonamides is 1. The van der Waals surface area contributed by atoms with E-state index in [9.17, 15) is 27.2 Å². The van der Waals surface area contributed by atoms with E-state index in [0.29, 0.717) is 0 Å². The highest BCUT2D eigenvalue weighted by molar-refractivity contribution is 7.90. The summed E-state index contributed by atoms with van der Waals surface area (Å²) in [5, 5.41) is 2.35. The largest absolute Gasteiger partial charge is 0.492 e. The zero-order valence-electron chi connectivity index (χ0n) is 18.8. The molecule has 3 aromatic rings. The Morgan fingerprint density at radius 1 is 0.917 bits per heavy atom. The maximum absolute atomic E-state index is 12.9. The summed E-state index contributed by atoms with van der Waals surface area (Å²) in [6.45, 7) is -0.577. The standard InChI is InChI=1S/C24H22FN3O7S/c25-19-7-9-20(10-8-19)34-12-13-36(32,33)28-23(30)18-6-11-21(26-14-18)24(31)27-15-22(29)35-16-17-4-2-1-3-5-17/h1-11,14H,12-13,15-16H2,(H,27,31)(H,28,30). The number of carbonyl (C=O) groups excluding carboxylic acids is 3. The van der Waals surface area contributed by atoms with Crippen LogP contribution in [0.1, 0.15) is 26.4 Å². The Hall–Kier alpha value is -4.32. The fourth-order valence-electron chi connectivity index (χ4n) is 2.75. The van der Waals surface area contributed by atoms with Crippen molar-refractivity contribution in [2.75, 3.05) is 18.9 Å². The number of ether oxygens (including phenoxy) is 2. The van der Waals surface area contributed by atoms with Gasteiger partial charge in [0.1, 0.15) is 42.8 Å². The molecule has 0 spiro atoms. The Morgan fingerprint density at radius 2 is 1.64 bits per heavy atom. The second-order valence-electron chi connectivity index (χ2n) is 7.31. The summed E-state index contributed by atoms with van der Waals surface area (Å²) in [4.78, 5) is 40.1. The number of hydrogen-bond acceptors (Lipinski definition) is 8. The zero-order chi connectivity index (χ0) is 26.0. The first-order valence-corrected chi connectivity index (χ1v) is 12.2. The van der Waals surface area contributed by atoms with Crippen molar-refractivity contribution in [2.24, 2.45) is 0 Å². The number of rotatable bonds is 11. The topological polar surface area (TPSA) is 141 Å². The molecule has 2 aromatic carbocycles. The van der Waals surface area contributed by atoms with E-state index in [1.165, 1.54) is 36.4 Å². The minimum absolute atomic E-state index is 0.0683. The molecular weight excluding hydrogens is 493 g/mol. The van der Waals surface area contributed by atoms with Crippen LogP contribution in [0.15, 0.2) is 72.9 Å². The van der Waals surface area contributed by atoms with E-state index >= 15 is 0 Å². The molecule has 2 N–H and O–H groups in total. The second kappa shape index (κ2) is 12.4. The van der Waals surface area contributed by atoms with Crippen LogP contribution in [0.3, 0.4) is 0 Å². The highest BCUT2D eigenvalue weighted by atomic mass is 32.2. The van der Waals surface area contributed by atoms with Crippen LogP contribution in [-0.2, 0) is 26.2 Å². The Morgan fingerprint density at radius 3 is 2.31 bits per heavy atom. The normalized spacial score (nSPS) is 10.8. The summed E-state index contributed by atoms with van der Waals surface area (Å²) in [6, 6.07) is 16.5. The number of halogens is 1. The summed E-state index contributed by atoms with van der Waals surface area (Å²) in [5.74, 6) is -2.97. The summed E-state index contributed by atoms with van der Waals surface area (Å²) in [7, 11) is -4.03. The molecule has 1 aromatic heterocycles.